The van der Waals surface area contributed by atoms with Crippen molar-refractivity contribution in [2.45, 2.75) is 38.0 Å². The van der Waals surface area contributed by atoms with Gasteiger partial charge in [0.2, 0.25) is 0 Å². The first-order valence-electron chi connectivity index (χ1n) is 9.56. The van der Waals surface area contributed by atoms with Crippen LogP contribution in [-0.2, 0) is 20.4 Å². The fourth-order valence-electron chi connectivity index (χ4n) is 3.64. The molecule has 7 nitrogen and oxygen atoms in total. The number of para-hydroxylation sites is 1. The van der Waals surface area contributed by atoms with Crippen LogP contribution in [0.3, 0.4) is 0 Å². The number of esters is 1. The molecule has 0 aromatic heterocycles. The first-order valence-corrected chi connectivity index (χ1v) is 9.97. The monoisotopic (exact) mass is 445 g/mol. The van der Waals surface area contributed by atoms with E-state index in [-0.39, 0.29) is 30.1 Å². The van der Waals surface area contributed by atoms with E-state index in [1.54, 1.807) is 11.8 Å². The minimum Gasteiger partial charge on any atom is -0.464 e. The van der Waals surface area contributed by atoms with Crippen LogP contribution in [0, 0.1) is 0 Å². The number of nitrogens with one attached hydrogen (secondary N) is 1. The van der Waals surface area contributed by atoms with Gasteiger partial charge in [-0.1, -0.05) is 12.1 Å². The van der Waals surface area contributed by atoms with Gasteiger partial charge >= 0.3 is 18.2 Å². The maximum Gasteiger partial charge on any atom is 0.418 e. The highest BCUT2D eigenvalue weighted by atomic mass is 32.1. The van der Waals surface area contributed by atoms with E-state index in [9.17, 15) is 22.8 Å². The largest absolute Gasteiger partial charge is 0.464 e. The van der Waals surface area contributed by atoms with Crippen LogP contribution < -0.4 is 5.32 Å². The second kappa shape index (κ2) is 9.07. The number of piperidine rings is 1. The van der Waals surface area contributed by atoms with Crippen molar-refractivity contribution in [2.75, 3.05) is 31.6 Å². The number of alkyl halides is 3. The summed E-state index contributed by atoms with van der Waals surface area (Å²) in [7, 11) is 0. The maximum absolute atomic E-state index is 13.2. The van der Waals surface area contributed by atoms with Gasteiger partial charge in [-0.2, -0.15) is 13.2 Å². The molecule has 11 heteroatoms. The lowest BCUT2D eigenvalue weighted by molar-refractivity contribution is -0.148. The molecule has 0 spiro atoms. The van der Waals surface area contributed by atoms with Crippen LogP contribution in [0.1, 0.15) is 25.3 Å². The molecule has 2 aliphatic heterocycles. The van der Waals surface area contributed by atoms with E-state index in [1.165, 1.54) is 23.1 Å². The van der Waals surface area contributed by atoms with Gasteiger partial charge in [-0.05, 0) is 44.1 Å². The molecule has 0 saturated carbocycles. The van der Waals surface area contributed by atoms with Crippen molar-refractivity contribution in [3.63, 3.8) is 0 Å². The average molecular weight is 445 g/mol. The predicted molar refractivity (Wildman–Crippen MR) is 106 cm³/mol. The lowest BCUT2D eigenvalue weighted by Crippen LogP contribution is -2.52. The summed E-state index contributed by atoms with van der Waals surface area (Å²) in [4.78, 5) is 27.4. The number of hydrogen-bond acceptors (Lipinski definition) is 5. The molecule has 1 N–H and O–H groups in total. The first kappa shape index (κ1) is 22.1. The molecule has 2 aliphatic rings. The second-order valence-electron chi connectivity index (χ2n) is 6.94. The van der Waals surface area contributed by atoms with Crippen LogP contribution in [0.15, 0.2) is 24.3 Å². The molecule has 0 radical (unpaired) electrons. The van der Waals surface area contributed by atoms with Crippen LogP contribution >= 0.6 is 12.2 Å². The summed E-state index contributed by atoms with van der Waals surface area (Å²) < 4.78 is 49.6. The van der Waals surface area contributed by atoms with Crippen molar-refractivity contribution in [3.8, 4) is 0 Å². The van der Waals surface area contributed by atoms with Crippen LogP contribution in [-0.4, -0.2) is 65.4 Å². The zero-order valence-corrected chi connectivity index (χ0v) is 17.1. The van der Waals surface area contributed by atoms with Gasteiger partial charge in [-0.15, -0.1) is 0 Å². The van der Waals surface area contributed by atoms with Crippen LogP contribution in [0.25, 0.3) is 0 Å². The van der Waals surface area contributed by atoms with Crippen molar-refractivity contribution < 1.29 is 32.2 Å². The summed E-state index contributed by atoms with van der Waals surface area (Å²) >= 11 is 5.30. The Morgan fingerprint density at radius 2 is 1.97 bits per heavy atom. The molecule has 30 heavy (non-hydrogen) atoms. The average Bonchev–Trinajstić information content (AvgIpc) is 3.09. The Morgan fingerprint density at radius 3 is 2.60 bits per heavy atom. The van der Waals surface area contributed by atoms with Gasteiger partial charge in [0.1, 0.15) is 6.61 Å². The van der Waals surface area contributed by atoms with Crippen LogP contribution in [0.4, 0.5) is 23.7 Å². The molecule has 1 amide bonds. The number of anilines is 1. The number of halogens is 3. The molecule has 1 atom stereocenters. The van der Waals surface area contributed by atoms with Crippen molar-refractivity contribution in [2.24, 2.45) is 0 Å². The Kier molecular flexibility index (Phi) is 6.69. The lowest BCUT2D eigenvalue weighted by atomic mass is 10.0. The van der Waals surface area contributed by atoms with Gasteiger partial charge in [0, 0.05) is 19.1 Å². The molecule has 0 bridgehead atoms. The molecular weight excluding hydrogens is 423 g/mol. The lowest BCUT2D eigenvalue weighted by Gasteiger charge is -2.38. The summed E-state index contributed by atoms with van der Waals surface area (Å²) in [6.45, 7) is 2.68. The number of cyclic esters (lactones) is 1. The molecule has 164 valence electrons. The Balaban J connectivity index is 1.61. The van der Waals surface area contributed by atoms with E-state index >= 15 is 0 Å². The van der Waals surface area contributed by atoms with Crippen LogP contribution in [0.2, 0.25) is 0 Å². The molecule has 3 rings (SSSR count). The van der Waals surface area contributed by atoms with E-state index in [0.717, 1.165) is 6.07 Å². The minimum atomic E-state index is -4.50. The Hall–Kier alpha value is -2.56. The summed E-state index contributed by atoms with van der Waals surface area (Å²) in [6.07, 6.45) is -4.07. The number of ether oxygens (including phenoxy) is 2. The smallest absolute Gasteiger partial charge is 0.418 e. The predicted octanol–water partition coefficient (Wildman–Crippen LogP) is 3.25. The van der Waals surface area contributed by atoms with Gasteiger partial charge in [-0.3, -0.25) is 4.90 Å². The molecule has 1 aromatic carbocycles. The number of hydrogen-bond donors (Lipinski definition) is 1. The fraction of sp³-hybridized carbons (Fsp3) is 0.526. The zero-order valence-electron chi connectivity index (χ0n) is 16.3. The van der Waals surface area contributed by atoms with E-state index in [4.69, 9.17) is 21.7 Å². The van der Waals surface area contributed by atoms with Gasteiger partial charge in [0.15, 0.2) is 11.2 Å². The van der Waals surface area contributed by atoms with Crippen molar-refractivity contribution >= 4 is 35.1 Å². The summed E-state index contributed by atoms with van der Waals surface area (Å²) in [6, 6.07) is 4.12. The highest BCUT2D eigenvalue weighted by Gasteiger charge is 2.44. The third-order valence-electron chi connectivity index (χ3n) is 5.09. The molecule has 2 fully saturated rings. The van der Waals surface area contributed by atoms with Crippen LogP contribution in [0.5, 0.6) is 0 Å². The molecule has 1 aromatic rings. The summed E-state index contributed by atoms with van der Waals surface area (Å²) in [5.74, 6) is -0.508. The number of nitrogens with zero attached hydrogens (tertiary/aromatic N) is 2. The number of benzene rings is 1. The fourth-order valence-corrected chi connectivity index (χ4v) is 3.93. The first-order chi connectivity index (χ1) is 14.2. The van der Waals surface area contributed by atoms with E-state index in [2.05, 4.69) is 5.32 Å². The number of amides is 1. The maximum atomic E-state index is 13.2. The zero-order chi connectivity index (χ0) is 21.9. The molecule has 2 heterocycles. The van der Waals surface area contributed by atoms with E-state index in [0.29, 0.717) is 25.9 Å². The number of carbonyl (C=O) groups excluding carboxylic acids is 2. The SMILES string of the molecule is CCOC(=O)C1COC(=O)N1C1CCN(C(=S)Nc2ccccc2C(F)(F)F)CC1. The van der Waals surface area contributed by atoms with Gasteiger partial charge in [0.05, 0.1) is 17.9 Å². The highest BCUT2D eigenvalue weighted by molar-refractivity contribution is 7.80. The topological polar surface area (TPSA) is 71.1 Å². The molecule has 0 aliphatic carbocycles. The number of carbonyl (C=O) groups is 2. The van der Waals surface area contributed by atoms with Gasteiger partial charge in [-0.25, -0.2) is 9.59 Å². The van der Waals surface area contributed by atoms with E-state index in [1.807, 2.05) is 0 Å². The van der Waals surface area contributed by atoms with E-state index < -0.39 is 29.8 Å². The van der Waals surface area contributed by atoms with Crippen molar-refractivity contribution in [1.29, 1.82) is 0 Å². The molecule has 2 saturated heterocycles. The Bertz CT molecular complexity index is 812. The number of thiocarbonyl (C=S) groups is 1. The van der Waals surface area contributed by atoms with Crippen molar-refractivity contribution in [3.05, 3.63) is 29.8 Å². The number of likely N-dealkylation sites (tertiary alicyclic amines) is 1. The summed E-state index contributed by atoms with van der Waals surface area (Å²) in [5, 5.41) is 2.86. The van der Waals surface area contributed by atoms with Gasteiger partial charge in [0.25, 0.3) is 0 Å². The normalized spacial score (nSPS) is 20.1. The Morgan fingerprint density at radius 1 is 1.30 bits per heavy atom. The minimum absolute atomic E-state index is 0.0495. The standard InChI is InChI=1S/C19H22F3N3O4S/c1-2-28-16(26)15-11-29-18(27)25(15)12-7-9-24(10-8-12)17(30)23-14-6-4-3-5-13(14)19(20,21)22/h3-6,12,15H,2,7-11H2,1H3,(H,23,30). The second-order valence-corrected chi connectivity index (χ2v) is 7.33. The molecular formula is C19H22F3N3O4S. The third-order valence-corrected chi connectivity index (χ3v) is 5.45. The summed E-state index contributed by atoms with van der Waals surface area (Å²) in [5.41, 5.74) is -0.901. The Labute approximate surface area is 177 Å². The molecule has 1 unspecified atom stereocenters. The highest BCUT2D eigenvalue weighted by Crippen LogP contribution is 2.35. The van der Waals surface area contributed by atoms with Crippen molar-refractivity contribution in [1.82, 2.24) is 9.80 Å². The number of rotatable bonds is 4. The van der Waals surface area contributed by atoms with Gasteiger partial charge < -0.3 is 19.7 Å². The quantitative estimate of drug-likeness (QED) is 0.564. The third kappa shape index (κ3) is 4.77.